The van der Waals surface area contributed by atoms with Crippen molar-refractivity contribution in [3.05, 3.63) is 65.0 Å². The lowest BCUT2D eigenvalue weighted by Gasteiger charge is -2.10. The van der Waals surface area contributed by atoms with E-state index >= 15 is 0 Å². The van der Waals surface area contributed by atoms with Gasteiger partial charge in [-0.2, -0.15) is 0 Å². The van der Waals surface area contributed by atoms with Crippen molar-refractivity contribution in [3.8, 4) is 0 Å². The molecule has 0 aliphatic heterocycles. The number of nitrogens with zero attached hydrogens (tertiary/aromatic N) is 1. The number of anilines is 1. The highest BCUT2D eigenvalue weighted by molar-refractivity contribution is 6.11. The minimum Gasteiger partial charge on any atom is -0.461 e. The zero-order valence-corrected chi connectivity index (χ0v) is 15.7. The molecule has 1 aromatic carbocycles. The molecule has 0 atom stereocenters. The van der Waals surface area contributed by atoms with Crippen LogP contribution in [0.15, 0.2) is 36.9 Å². The predicted molar refractivity (Wildman–Crippen MR) is 103 cm³/mol. The second-order valence-corrected chi connectivity index (χ2v) is 5.92. The van der Waals surface area contributed by atoms with E-state index in [1.165, 1.54) is 6.07 Å². The number of nitrogens with two attached hydrogens (primary N) is 1. The number of amides is 2. The summed E-state index contributed by atoms with van der Waals surface area (Å²) < 4.78 is 6.82. The Morgan fingerprint density at radius 2 is 1.93 bits per heavy atom. The number of benzene rings is 1. The van der Waals surface area contributed by atoms with Gasteiger partial charge in [0.15, 0.2) is 0 Å². The van der Waals surface area contributed by atoms with Crippen LogP contribution in [0, 0.1) is 13.8 Å². The Morgan fingerprint density at radius 1 is 1.26 bits per heavy atom. The molecular formula is C20H23N3O4. The zero-order chi connectivity index (χ0) is 20.1. The summed E-state index contributed by atoms with van der Waals surface area (Å²) in [6.07, 6.45) is 1.64. The van der Waals surface area contributed by atoms with Crippen molar-refractivity contribution in [1.82, 2.24) is 4.57 Å². The zero-order valence-electron chi connectivity index (χ0n) is 15.7. The van der Waals surface area contributed by atoms with Gasteiger partial charge in [-0.05, 0) is 38.5 Å². The van der Waals surface area contributed by atoms with Crippen molar-refractivity contribution >= 4 is 23.5 Å². The van der Waals surface area contributed by atoms with E-state index in [1.54, 1.807) is 49.6 Å². The van der Waals surface area contributed by atoms with E-state index in [1.807, 2.05) is 0 Å². The van der Waals surface area contributed by atoms with Crippen LogP contribution in [0.4, 0.5) is 5.69 Å². The number of nitrogens with one attached hydrogen (secondary N) is 1. The molecule has 0 fully saturated rings. The fourth-order valence-electron chi connectivity index (χ4n) is 3.04. The third kappa shape index (κ3) is 3.92. The summed E-state index contributed by atoms with van der Waals surface area (Å²) in [5.41, 5.74) is 7.63. The second-order valence-electron chi connectivity index (χ2n) is 5.92. The van der Waals surface area contributed by atoms with Gasteiger partial charge >= 0.3 is 5.97 Å². The summed E-state index contributed by atoms with van der Waals surface area (Å²) in [4.78, 5) is 36.9. The summed E-state index contributed by atoms with van der Waals surface area (Å²) in [5.74, 6) is -1.58. The van der Waals surface area contributed by atoms with Crippen LogP contribution in [0.25, 0.3) is 0 Å². The van der Waals surface area contributed by atoms with Crippen LogP contribution < -0.4 is 11.1 Å². The molecule has 2 rings (SSSR count). The first-order valence-electron chi connectivity index (χ1n) is 8.51. The molecule has 1 heterocycles. The topological polar surface area (TPSA) is 103 Å². The third-order valence-corrected chi connectivity index (χ3v) is 4.22. The van der Waals surface area contributed by atoms with E-state index in [4.69, 9.17) is 10.5 Å². The molecule has 0 saturated heterocycles. The van der Waals surface area contributed by atoms with E-state index in [-0.39, 0.29) is 12.2 Å². The number of primary amides is 1. The van der Waals surface area contributed by atoms with Crippen LogP contribution in [-0.2, 0) is 11.3 Å². The fraction of sp³-hybridized carbons (Fsp3) is 0.250. The van der Waals surface area contributed by atoms with Crippen molar-refractivity contribution in [3.63, 3.8) is 0 Å². The van der Waals surface area contributed by atoms with Gasteiger partial charge in [-0.1, -0.05) is 18.2 Å². The van der Waals surface area contributed by atoms with Crippen LogP contribution in [-0.4, -0.2) is 29.0 Å². The van der Waals surface area contributed by atoms with Gasteiger partial charge in [0, 0.05) is 12.2 Å². The maximum Gasteiger partial charge on any atom is 0.355 e. The van der Waals surface area contributed by atoms with Gasteiger partial charge in [0.25, 0.3) is 11.8 Å². The maximum absolute atomic E-state index is 12.9. The number of carbonyl (C=O) groups excluding carboxylic acids is 3. The molecule has 3 N–H and O–H groups in total. The lowest BCUT2D eigenvalue weighted by Crippen LogP contribution is -2.19. The number of aromatic nitrogens is 1. The Hall–Kier alpha value is -3.35. The molecule has 2 amide bonds. The van der Waals surface area contributed by atoms with E-state index in [0.717, 1.165) is 0 Å². The Kier molecular flexibility index (Phi) is 6.18. The molecule has 1 aromatic heterocycles. The Labute approximate surface area is 157 Å². The van der Waals surface area contributed by atoms with Gasteiger partial charge in [-0.25, -0.2) is 4.79 Å². The molecule has 0 aliphatic carbocycles. The molecular weight excluding hydrogens is 346 g/mol. The van der Waals surface area contributed by atoms with Gasteiger partial charge < -0.3 is 20.4 Å². The monoisotopic (exact) mass is 369 g/mol. The maximum atomic E-state index is 12.9. The minimum atomic E-state index is -0.643. The van der Waals surface area contributed by atoms with E-state index in [9.17, 15) is 14.4 Å². The molecule has 0 spiro atoms. The molecule has 142 valence electrons. The Balaban J connectivity index is 2.51. The average molecular weight is 369 g/mol. The second kappa shape index (κ2) is 8.35. The lowest BCUT2D eigenvalue weighted by atomic mass is 10.1. The highest BCUT2D eigenvalue weighted by Crippen LogP contribution is 2.25. The molecule has 0 unspecified atom stereocenters. The largest absolute Gasteiger partial charge is 0.461 e. The van der Waals surface area contributed by atoms with Gasteiger partial charge in [-0.3, -0.25) is 9.59 Å². The van der Waals surface area contributed by atoms with Gasteiger partial charge in [0.05, 0.1) is 23.4 Å². The summed E-state index contributed by atoms with van der Waals surface area (Å²) in [6, 6.07) is 6.47. The minimum absolute atomic E-state index is 0.206. The number of hydrogen-bond donors (Lipinski definition) is 2. The molecule has 0 radical (unpaired) electrons. The van der Waals surface area contributed by atoms with Crippen molar-refractivity contribution in [1.29, 1.82) is 0 Å². The average Bonchev–Trinajstić information content (AvgIpc) is 2.86. The number of ether oxygens (including phenoxy) is 1. The smallest absolute Gasteiger partial charge is 0.355 e. The Bertz CT molecular complexity index is 912. The lowest BCUT2D eigenvalue weighted by molar-refractivity contribution is 0.0513. The first kappa shape index (κ1) is 20.0. The molecule has 0 bridgehead atoms. The summed E-state index contributed by atoms with van der Waals surface area (Å²) >= 11 is 0. The van der Waals surface area contributed by atoms with Crippen molar-refractivity contribution in [2.45, 2.75) is 27.3 Å². The molecule has 0 saturated carbocycles. The first-order valence-corrected chi connectivity index (χ1v) is 8.51. The number of rotatable bonds is 7. The van der Waals surface area contributed by atoms with Gasteiger partial charge in [-0.15, -0.1) is 6.58 Å². The van der Waals surface area contributed by atoms with Crippen molar-refractivity contribution < 1.29 is 19.1 Å². The number of allylic oxidation sites excluding steroid dienone is 1. The van der Waals surface area contributed by atoms with Crippen LogP contribution in [0.5, 0.6) is 0 Å². The fourth-order valence-corrected chi connectivity index (χ4v) is 3.04. The third-order valence-electron chi connectivity index (χ3n) is 4.22. The van der Waals surface area contributed by atoms with E-state index in [2.05, 4.69) is 11.9 Å². The molecule has 0 aliphatic rings. The number of carbonyl (C=O) groups is 3. The van der Waals surface area contributed by atoms with Crippen molar-refractivity contribution in [2.24, 2.45) is 5.73 Å². The number of hydrogen-bond acceptors (Lipinski definition) is 4. The number of para-hydroxylation sites is 1. The standard InChI is InChI=1S/C20H23N3O4/c1-5-11-23-13(4)16(12(3)17(23)20(26)27-6-2)19(25)22-15-10-8-7-9-14(15)18(21)24/h5,7-10H,1,6,11H2,2-4H3,(H2,21,24)(H,22,25). The molecule has 2 aromatic rings. The summed E-state index contributed by atoms with van der Waals surface area (Å²) in [5, 5.41) is 2.71. The van der Waals surface area contributed by atoms with Crippen molar-refractivity contribution in [2.75, 3.05) is 11.9 Å². The quantitative estimate of drug-likeness (QED) is 0.578. The number of esters is 1. The summed E-state index contributed by atoms with van der Waals surface area (Å²) in [7, 11) is 0. The van der Waals surface area contributed by atoms with Crippen LogP contribution in [0.3, 0.4) is 0 Å². The predicted octanol–water partition coefficient (Wildman–Crippen LogP) is 2.82. The highest BCUT2D eigenvalue weighted by Gasteiger charge is 2.27. The molecule has 27 heavy (non-hydrogen) atoms. The normalized spacial score (nSPS) is 10.3. The van der Waals surface area contributed by atoms with Gasteiger partial charge in [0.2, 0.25) is 0 Å². The summed E-state index contributed by atoms with van der Waals surface area (Å²) in [6.45, 7) is 9.43. The SMILES string of the molecule is C=CCn1c(C)c(C(=O)Nc2ccccc2C(N)=O)c(C)c1C(=O)OCC. The first-order chi connectivity index (χ1) is 12.8. The molecule has 7 heteroatoms. The van der Waals surface area contributed by atoms with E-state index < -0.39 is 17.8 Å². The highest BCUT2D eigenvalue weighted by atomic mass is 16.5. The van der Waals surface area contributed by atoms with Gasteiger partial charge in [0.1, 0.15) is 5.69 Å². The van der Waals surface area contributed by atoms with Crippen LogP contribution in [0.1, 0.15) is 49.4 Å². The van der Waals surface area contributed by atoms with Crippen LogP contribution >= 0.6 is 0 Å². The van der Waals surface area contributed by atoms with E-state index in [0.29, 0.717) is 34.7 Å². The Morgan fingerprint density at radius 3 is 2.52 bits per heavy atom. The molecule has 7 nitrogen and oxygen atoms in total. The van der Waals surface area contributed by atoms with Crippen LogP contribution in [0.2, 0.25) is 0 Å².